The minimum absolute atomic E-state index is 0.816. The summed E-state index contributed by atoms with van der Waals surface area (Å²) in [5.41, 5.74) is 11.6. The van der Waals surface area contributed by atoms with E-state index in [1.165, 1.54) is 32.6 Å². The van der Waals surface area contributed by atoms with Crippen molar-refractivity contribution in [2.75, 3.05) is 0 Å². The topological polar surface area (TPSA) is 35.6 Å². The Morgan fingerprint density at radius 1 is 0.333 bits per heavy atom. The van der Waals surface area contributed by atoms with Crippen LogP contribution in [-0.4, -0.2) is 19.1 Å². The highest BCUT2D eigenvalue weighted by atomic mass is 15.1. The largest absolute Gasteiger partial charge is 0.309 e. The molecule has 0 fully saturated rings. The Labute approximate surface area is 276 Å². The van der Waals surface area contributed by atoms with Crippen molar-refractivity contribution in [3.63, 3.8) is 0 Å². The summed E-state index contributed by atoms with van der Waals surface area (Å²) in [4.78, 5) is 10.8. The van der Waals surface area contributed by atoms with Gasteiger partial charge >= 0.3 is 0 Å². The molecule has 0 aliphatic heterocycles. The molecule has 0 bridgehead atoms. The molecule has 7 aromatic carbocycles. The van der Waals surface area contributed by atoms with Gasteiger partial charge in [-0.2, -0.15) is 0 Å². The minimum atomic E-state index is 0.816. The first-order valence-corrected chi connectivity index (χ1v) is 16.3. The lowest BCUT2D eigenvalue weighted by atomic mass is 10.0. The first-order valence-electron chi connectivity index (χ1n) is 16.3. The summed E-state index contributed by atoms with van der Waals surface area (Å²) in [6.07, 6.45) is 0. The van der Waals surface area contributed by atoms with Gasteiger partial charge in [0, 0.05) is 32.8 Å². The maximum atomic E-state index is 5.47. The van der Waals surface area contributed by atoms with Gasteiger partial charge in [-0.15, -0.1) is 0 Å². The predicted octanol–water partition coefficient (Wildman–Crippen LogP) is 11.2. The standard InChI is InChI=1S/C44H28N4/c1-4-14-29(15-5-1)31-24-25-37-38(26-31)46-44(43(45-37)30-16-6-2-7-17-30)48-40-23-13-11-21-34(40)36-27-41-35(28-42(36)48)33-20-10-12-22-39(33)47(41)32-18-8-3-9-19-32/h1-28H. The van der Waals surface area contributed by atoms with Crippen molar-refractivity contribution >= 4 is 54.6 Å². The zero-order valence-corrected chi connectivity index (χ0v) is 26.0. The highest BCUT2D eigenvalue weighted by Gasteiger charge is 2.22. The minimum Gasteiger partial charge on any atom is -0.309 e. The summed E-state index contributed by atoms with van der Waals surface area (Å²) in [5, 5.41) is 4.78. The molecule has 0 amide bonds. The van der Waals surface area contributed by atoms with E-state index in [2.05, 4.69) is 167 Å². The fourth-order valence-electron chi connectivity index (χ4n) is 7.31. The van der Waals surface area contributed by atoms with Gasteiger partial charge in [-0.1, -0.05) is 121 Å². The van der Waals surface area contributed by atoms with Gasteiger partial charge in [-0.05, 0) is 59.7 Å². The van der Waals surface area contributed by atoms with Crippen molar-refractivity contribution in [2.45, 2.75) is 0 Å². The quantitative estimate of drug-likeness (QED) is 0.198. The maximum Gasteiger partial charge on any atom is 0.165 e. The van der Waals surface area contributed by atoms with Crippen molar-refractivity contribution in [2.24, 2.45) is 0 Å². The molecule has 0 atom stereocenters. The van der Waals surface area contributed by atoms with Crippen molar-refractivity contribution in [1.82, 2.24) is 19.1 Å². The number of nitrogens with zero attached hydrogens (tertiary/aromatic N) is 4. The predicted molar refractivity (Wildman–Crippen MR) is 199 cm³/mol. The summed E-state index contributed by atoms with van der Waals surface area (Å²) in [7, 11) is 0. The molecule has 3 heterocycles. The van der Waals surface area contributed by atoms with Crippen LogP contribution in [0.5, 0.6) is 0 Å². The lowest BCUT2D eigenvalue weighted by molar-refractivity contribution is 1.08. The number of hydrogen-bond acceptors (Lipinski definition) is 2. The number of fused-ring (bicyclic) bond motifs is 7. The second-order valence-electron chi connectivity index (χ2n) is 12.3. The average Bonchev–Trinajstić information content (AvgIpc) is 3.66. The lowest BCUT2D eigenvalue weighted by Crippen LogP contribution is -2.04. The van der Waals surface area contributed by atoms with Crippen LogP contribution >= 0.6 is 0 Å². The number of rotatable bonds is 4. The van der Waals surface area contributed by atoms with Gasteiger partial charge in [0.25, 0.3) is 0 Å². The van der Waals surface area contributed by atoms with E-state index >= 15 is 0 Å². The highest BCUT2D eigenvalue weighted by Crippen LogP contribution is 2.41. The van der Waals surface area contributed by atoms with Crippen LogP contribution in [0.25, 0.3) is 88.5 Å². The molecule has 0 saturated carbocycles. The van der Waals surface area contributed by atoms with Gasteiger partial charge in [-0.25, -0.2) is 9.97 Å². The fraction of sp³-hybridized carbons (Fsp3) is 0. The molecule has 0 spiro atoms. The molecule has 0 aliphatic rings. The lowest BCUT2D eigenvalue weighted by Gasteiger charge is -2.14. The van der Waals surface area contributed by atoms with Crippen LogP contribution in [0, 0.1) is 0 Å². The van der Waals surface area contributed by atoms with E-state index in [0.29, 0.717) is 0 Å². The second kappa shape index (κ2) is 10.5. The summed E-state index contributed by atoms with van der Waals surface area (Å²) < 4.78 is 4.70. The third kappa shape index (κ3) is 4.03. The normalized spacial score (nSPS) is 11.8. The van der Waals surface area contributed by atoms with E-state index in [4.69, 9.17) is 9.97 Å². The third-order valence-corrected chi connectivity index (χ3v) is 9.49. The van der Waals surface area contributed by atoms with Crippen molar-refractivity contribution in [3.05, 3.63) is 170 Å². The Hall–Kier alpha value is -6.52. The molecule has 3 aromatic heterocycles. The van der Waals surface area contributed by atoms with Crippen molar-refractivity contribution < 1.29 is 0 Å². The van der Waals surface area contributed by atoms with Gasteiger partial charge in [-0.3, -0.25) is 4.57 Å². The molecule has 0 N–H and O–H groups in total. The summed E-state index contributed by atoms with van der Waals surface area (Å²) in [5.74, 6) is 0.816. The monoisotopic (exact) mass is 612 g/mol. The number of aromatic nitrogens is 4. The van der Waals surface area contributed by atoms with Crippen molar-refractivity contribution in [1.29, 1.82) is 0 Å². The molecule has 4 nitrogen and oxygen atoms in total. The van der Waals surface area contributed by atoms with Crippen LogP contribution in [0.3, 0.4) is 0 Å². The van der Waals surface area contributed by atoms with Gasteiger partial charge in [0.15, 0.2) is 5.82 Å². The van der Waals surface area contributed by atoms with Crippen LogP contribution in [0.4, 0.5) is 0 Å². The van der Waals surface area contributed by atoms with Crippen LogP contribution in [-0.2, 0) is 0 Å². The molecular weight excluding hydrogens is 585 g/mol. The Bertz CT molecular complexity index is 2810. The van der Waals surface area contributed by atoms with Gasteiger partial charge in [0.05, 0.1) is 33.1 Å². The molecule has 0 radical (unpaired) electrons. The van der Waals surface area contributed by atoms with E-state index < -0.39 is 0 Å². The molecule has 0 aliphatic carbocycles. The Kier molecular flexibility index (Phi) is 5.84. The third-order valence-electron chi connectivity index (χ3n) is 9.49. The van der Waals surface area contributed by atoms with E-state index in [0.717, 1.165) is 56.0 Å². The molecule has 4 heteroatoms. The van der Waals surface area contributed by atoms with Crippen LogP contribution in [0.2, 0.25) is 0 Å². The van der Waals surface area contributed by atoms with E-state index in [-0.39, 0.29) is 0 Å². The first-order chi connectivity index (χ1) is 23.8. The Morgan fingerprint density at radius 2 is 0.875 bits per heavy atom. The summed E-state index contributed by atoms with van der Waals surface area (Å²) >= 11 is 0. The van der Waals surface area contributed by atoms with Gasteiger partial charge in [0.2, 0.25) is 0 Å². The molecular formula is C44H28N4. The van der Waals surface area contributed by atoms with Crippen LogP contribution in [0.15, 0.2) is 170 Å². The molecule has 0 unspecified atom stereocenters. The van der Waals surface area contributed by atoms with Gasteiger partial charge in [0.1, 0.15) is 5.69 Å². The van der Waals surface area contributed by atoms with Crippen LogP contribution < -0.4 is 0 Å². The van der Waals surface area contributed by atoms with E-state index in [1.807, 2.05) is 12.1 Å². The molecule has 48 heavy (non-hydrogen) atoms. The molecule has 10 rings (SSSR count). The van der Waals surface area contributed by atoms with E-state index in [9.17, 15) is 0 Å². The molecule has 10 aromatic rings. The van der Waals surface area contributed by atoms with Crippen LogP contribution in [0.1, 0.15) is 0 Å². The first kappa shape index (κ1) is 26.7. The Balaban J connectivity index is 1.33. The summed E-state index contributed by atoms with van der Waals surface area (Å²) in [6, 6.07) is 60.0. The second-order valence-corrected chi connectivity index (χ2v) is 12.3. The SMILES string of the molecule is c1ccc(-c2ccc3nc(-c4ccccc4)c(-n4c5ccccc5c5cc6c(cc54)c4ccccc4n6-c4ccccc4)nc3c2)cc1. The zero-order chi connectivity index (χ0) is 31.6. The average molecular weight is 613 g/mol. The molecule has 0 saturated heterocycles. The van der Waals surface area contributed by atoms with Crippen molar-refractivity contribution in [3.8, 4) is 33.9 Å². The summed E-state index contributed by atoms with van der Waals surface area (Å²) in [6.45, 7) is 0. The molecule has 224 valence electrons. The van der Waals surface area contributed by atoms with Gasteiger partial charge < -0.3 is 4.57 Å². The number of para-hydroxylation sites is 3. The maximum absolute atomic E-state index is 5.47. The zero-order valence-electron chi connectivity index (χ0n) is 26.0. The smallest absolute Gasteiger partial charge is 0.165 e. The van der Waals surface area contributed by atoms with E-state index in [1.54, 1.807) is 0 Å². The Morgan fingerprint density at radius 3 is 1.54 bits per heavy atom. The fourth-order valence-corrected chi connectivity index (χ4v) is 7.31. The number of benzene rings is 7. The number of hydrogen-bond donors (Lipinski definition) is 0. The highest BCUT2D eigenvalue weighted by molar-refractivity contribution is 6.19.